The highest BCUT2D eigenvalue weighted by atomic mass is 32.2. The number of ether oxygens (including phenoxy) is 17. The number of aryl methyl sites for hydroxylation is 2. The van der Waals surface area contributed by atoms with Gasteiger partial charge in [-0.2, -0.15) is 22.3 Å². The summed E-state index contributed by atoms with van der Waals surface area (Å²) < 4.78 is 101. The van der Waals surface area contributed by atoms with E-state index in [1.807, 2.05) is 100 Å². The monoisotopic (exact) mass is 1940 g/mol. The van der Waals surface area contributed by atoms with Crippen LogP contribution in [-0.2, 0) is 79.4 Å². The van der Waals surface area contributed by atoms with Crippen LogP contribution in [0.3, 0.4) is 0 Å². The summed E-state index contributed by atoms with van der Waals surface area (Å²) in [5.41, 5.74) is 8.19. The molecule has 14 atom stereocenters. The molecular formula is C102H128N10O24S2. The number of benzene rings is 5. The number of carbonyl (C=O) groups is 6. The molecular weight excluding hydrogens is 1810 g/mol. The van der Waals surface area contributed by atoms with Crippen molar-refractivity contribution in [1.29, 1.82) is 10.5 Å². The number of rotatable bonds is 30. The lowest BCUT2D eigenvalue weighted by Gasteiger charge is -2.63. The van der Waals surface area contributed by atoms with Crippen LogP contribution in [0.5, 0.6) is 40.2 Å². The van der Waals surface area contributed by atoms with Crippen molar-refractivity contribution in [3.63, 3.8) is 0 Å². The van der Waals surface area contributed by atoms with E-state index in [1.54, 1.807) is 83.0 Å². The second-order valence-electron chi connectivity index (χ2n) is 37.9. The van der Waals surface area contributed by atoms with Gasteiger partial charge in [0.1, 0.15) is 54.3 Å². The van der Waals surface area contributed by atoms with Crippen LogP contribution in [0.1, 0.15) is 152 Å². The summed E-state index contributed by atoms with van der Waals surface area (Å²) in [5, 5.41) is 40.7. The number of cyclic esters (lactones) is 1. The Bertz CT molecular complexity index is 5590. The number of fused-ring (bicyclic) bond motifs is 20. The van der Waals surface area contributed by atoms with Crippen LogP contribution in [0, 0.1) is 43.4 Å². The number of thioether (sulfide) groups is 2. The van der Waals surface area contributed by atoms with Gasteiger partial charge >= 0.3 is 30.1 Å². The van der Waals surface area contributed by atoms with Crippen molar-refractivity contribution >= 4 is 59.4 Å². The number of nitrogens with zero attached hydrogens (tertiary/aromatic N) is 8. The van der Waals surface area contributed by atoms with Crippen molar-refractivity contribution in [3.05, 3.63) is 182 Å². The highest BCUT2D eigenvalue weighted by Crippen LogP contribution is 2.66. The molecule has 2 amide bonds. The smallest absolute Gasteiger partial charge is 0.408 e. The molecule has 0 aromatic heterocycles. The highest BCUT2D eigenvalue weighted by Gasteiger charge is 2.67. The number of esters is 3. The zero-order valence-electron chi connectivity index (χ0n) is 82.1. The van der Waals surface area contributed by atoms with Gasteiger partial charge in [0.2, 0.25) is 13.6 Å². The van der Waals surface area contributed by atoms with Gasteiger partial charge in [-0.3, -0.25) is 29.2 Å². The van der Waals surface area contributed by atoms with Gasteiger partial charge < -0.3 is 106 Å². The van der Waals surface area contributed by atoms with E-state index in [2.05, 4.69) is 87.5 Å². The zero-order valence-corrected chi connectivity index (χ0v) is 83.7. The summed E-state index contributed by atoms with van der Waals surface area (Å²) in [6.07, 6.45) is 2.75. The highest BCUT2D eigenvalue weighted by molar-refractivity contribution is 7.99. The van der Waals surface area contributed by atoms with E-state index in [4.69, 9.17) is 80.5 Å². The van der Waals surface area contributed by atoms with E-state index in [0.29, 0.717) is 108 Å². The third-order valence-electron chi connectivity index (χ3n) is 26.6. The first kappa shape index (κ1) is 103. The average Bonchev–Trinajstić information content (AvgIpc) is 0.963. The molecule has 5 aromatic carbocycles. The Morgan fingerprint density at radius 3 is 1.75 bits per heavy atom. The van der Waals surface area contributed by atoms with Crippen LogP contribution in [0.25, 0.3) is 11.1 Å². The van der Waals surface area contributed by atoms with Gasteiger partial charge in [-0.25, -0.2) is 19.2 Å². The van der Waals surface area contributed by atoms with Gasteiger partial charge in [0.25, 0.3) is 0 Å². The molecule has 742 valence electrons. The number of hydrogen-bond acceptors (Lipinski definition) is 34. The molecule has 11 aliphatic rings. The van der Waals surface area contributed by atoms with Gasteiger partial charge in [-0.05, 0) is 127 Å². The molecule has 6 bridgehead atoms. The molecule has 3 unspecified atom stereocenters. The van der Waals surface area contributed by atoms with Crippen LogP contribution < -0.4 is 43.8 Å². The van der Waals surface area contributed by atoms with E-state index in [1.165, 1.54) is 52.7 Å². The number of nitrogens with one attached hydrogen (secondary N) is 2. The number of Topliss-reactive ketones (excluding diaryl/α,β-unsaturated/α-hetero) is 1. The topological polar surface area (TPSA) is 371 Å². The van der Waals surface area contributed by atoms with Crippen molar-refractivity contribution in [2.45, 2.75) is 196 Å². The summed E-state index contributed by atoms with van der Waals surface area (Å²) in [6, 6.07) is 16.9. The van der Waals surface area contributed by atoms with Crippen molar-refractivity contribution in [3.8, 4) is 63.5 Å². The van der Waals surface area contributed by atoms with Gasteiger partial charge in [-0.15, -0.1) is 24.9 Å². The quantitative estimate of drug-likeness (QED) is 0.00960. The maximum Gasteiger partial charge on any atom is 0.408 e. The van der Waals surface area contributed by atoms with Crippen molar-refractivity contribution in [2.75, 3.05) is 154 Å². The third-order valence-corrected chi connectivity index (χ3v) is 29.1. The van der Waals surface area contributed by atoms with Crippen molar-refractivity contribution in [1.82, 2.24) is 40.0 Å². The van der Waals surface area contributed by atoms with E-state index in [-0.39, 0.29) is 92.9 Å². The summed E-state index contributed by atoms with van der Waals surface area (Å²) in [5.74, 6) is 2.75. The third kappa shape index (κ3) is 20.3. The Labute approximate surface area is 815 Å². The summed E-state index contributed by atoms with van der Waals surface area (Å²) in [6.45, 7) is 32.0. The maximum atomic E-state index is 14.8. The number of nitriles is 2. The fraction of sp³-hybridized carbons (Fsp3) is 0.529. The molecule has 0 saturated carbocycles. The largest absolute Gasteiger partial charge is 0.493 e. The van der Waals surface area contributed by atoms with Gasteiger partial charge in [-0.1, -0.05) is 79.4 Å². The van der Waals surface area contributed by atoms with Gasteiger partial charge in [0.05, 0.1) is 88.0 Å². The number of piperidine rings is 1. The standard InChI is InChI=1S/C54H62N4O12S.C42H52N4O12S.C6H14N2/c1-9-18-57-39-22-32-21-30(2)46(64-8)48(67-28-65-20-19-63-7)43(32)45(57)40-23-54(62)44(49-47(68-29-69-49)31(3)50(54)59)42(58(40)41(39)24-55)25-66-51(60)38(56-52(61)70-53(4,5)6)27-71-26-37-35-16-12-10-14-33(35)34-15-11-13-17-36(34)37;1-10-11-45-26-15-24-14-21(2)34(51-9)37(54-19-52-13-12-50-8)29(24)32(45)33-39-31-30(38-36(55-20-56-38)22(3)35(31)57-23(4)47)28(46(33)27(26)16-43)17-53-40(48)25(18-59-39)44-41(49)58-42(5,6)7;1-6(7(2)3)8(4)5/h9-17,21,37-42,45,62H,1,18-20,22-23,25-29H2,2-8H3,(H,56,61);10,14,25-28,32-33,39H,1,11-13,15,17-20H2,2-9H3,(H,44,49);1H2,2-5H3/t38-,39-,40?,41-,42-,45-,54?;25-,26+,27+,28+,32-,33?,39-;/m01./s1. The van der Waals surface area contributed by atoms with Gasteiger partial charge in [0.15, 0.2) is 71.0 Å². The molecule has 34 nitrogen and oxygen atoms in total. The van der Waals surface area contributed by atoms with Crippen LogP contribution >= 0.6 is 23.5 Å². The molecule has 9 heterocycles. The minimum Gasteiger partial charge on any atom is -0.493 e. The lowest BCUT2D eigenvalue weighted by molar-refractivity contribution is -0.160. The molecule has 3 N–H and O–H groups in total. The number of carbonyl (C=O) groups excluding carboxylic acids is 6. The first-order valence-corrected chi connectivity index (χ1v) is 48.4. The molecule has 16 rings (SSSR count). The van der Waals surface area contributed by atoms with Crippen LogP contribution in [0.2, 0.25) is 0 Å². The Hall–Kier alpha value is -11.3. The second kappa shape index (κ2) is 43.2. The lowest BCUT2D eigenvalue weighted by Crippen LogP contribution is -2.75. The van der Waals surface area contributed by atoms with Crippen LogP contribution in [-0.4, -0.2) is 295 Å². The molecule has 0 radical (unpaired) electrons. The number of alkyl carbamates (subject to hydrolysis) is 2. The Kier molecular flexibility index (Phi) is 32.1. The minimum atomic E-state index is -2.18. The number of aliphatic hydroxyl groups is 1. The Morgan fingerprint density at radius 1 is 0.681 bits per heavy atom. The predicted molar refractivity (Wildman–Crippen MR) is 514 cm³/mol. The molecule has 138 heavy (non-hydrogen) atoms. The van der Waals surface area contributed by atoms with E-state index in [9.17, 15) is 44.4 Å². The molecule has 5 aromatic rings. The average molecular weight is 1940 g/mol. The van der Waals surface area contributed by atoms with E-state index < -0.39 is 131 Å². The number of methoxy groups -OCH3 is 4. The first-order valence-electron chi connectivity index (χ1n) is 46.2. The lowest BCUT2D eigenvalue weighted by atomic mass is 9.64. The fourth-order valence-electron chi connectivity index (χ4n) is 21.2. The molecule has 9 aliphatic heterocycles. The van der Waals surface area contributed by atoms with E-state index >= 15 is 0 Å². The summed E-state index contributed by atoms with van der Waals surface area (Å²) in [7, 11) is 14.2. The fourth-order valence-corrected chi connectivity index (χ4v) is 23.9. The molecule has 0 spiro atoms. The number of ketones is 1. The van der Waals surface area contributed by atoms with Gasteiger partial charge in [0, 0.05) is 155 Å². The zero-order chi connectivity index (χ0) is 99.4. The second-order valence-corrected chi connectivity index (χ2v) is 40.2. The molecule has 36 heteroatoms. The SMILES string of the molecule is C=C(N(C)C)N(C)C.C=CCN1[C@@H]2c3c(cc(C)c(OC)c3OCOCCOC)C[C@H]1[C@H](C#N)N1C2CC2(O)C(=O)C(C)=C3OCOC3=C2[C@@H]1COC(=O)[C@H](CSCC1c2ccccc2-c2ccccc21)NC(=O)OC(C)(C)C.C=CCN1[C@@H]2c3c(cc(C)c(OC)c3OCOCCOC)C[C@H]1[C@H](C#N)N1C2[C@@H]2SC[C@@H](NC(=O)OC(C)(C)C)C(=O)OC[C@H]1c1c3c(c(C)c(OC(C)=O)c12)OCO3. The Balaban J connectivity index is 0.000000207. The Morgan fingerprint density at radius 2 is 1.22 bits per heavy atom. The summed E-state index contributed by atoms with van der Waals surface area (Å²) >= 11 is 2.88. The first-order chi connectivity index (χ1) is 65.9. The number of piperazine rings is 2. The van der Waals surface area contributed by atoms with E-state index in [0.717, 1.165) is 39.2 Å². The van der Waals surface area contributed by atoms with Crippen LogP contribution in [0.4, 0.5) is 9.59 Å². The predicted octanol–water partition coefficient (Wildman–Crippen LogP) is 12.2. The number of hydrogen-bond donors (Lipinski definition) is 3. The maximum absolute atomic E-state index is 14.8. The molecule has 5 fully saturated rings. The van der Waals surface area contributed by atoms with Crippen molar-refractivity contribution < 1.29 is 114 Å². The normalized spacial score (nSPS) is 24.2. The molecule has 2 aliphatic carbocycles. The molecule has 5 saturated heterocycles. The number of amides is 2. The van der Waals surface area contributed by atoms with Crippen LogP contribution in [0.15, 0.2) is 121 Å². The summed E-state index contributed by atoms with van der Waals surface area (Å²) in [4.78, 5) is 95.6. The minimum absolute atomic E-state index is 0.0276. The van der Waals surface area contributed by atoms with Crippen molar-refractivity contribution in [2.24, 2.45) is 0 Å².